The third-order valence-corrected chi connectivity index (χ3v) is 8.04. The Morgan fingerprint density at radius 1 is 1.00 bits per heavy atom. The van der Waals surface area contributed by atoms with Crippen molar-refractivity contribution >= 4 is 44.3 Å². The molecule has 0 fully saturated rings. The fraction of sp³-hybridized carbons (Fsp3) is 0.176. The third-order valence-electron chi connectivity index (χ3n) is 3.67. The van der Waals surface area contributed by atoms with E-state index >= 15 is 0 Å². The second-order valence-electron chi connectivity index (χ2n) is 5.45. The summed E-state index contributed by atoms with van der Waals surface area (Å²) in [5.74, 6) is -1.53. The van der Waals surface area contributed by atoms with Crippen molar-refractivity contribution in [1.82, 2.24) is 10.6 Å². The van der Waals surface area contributed by atoms with Gasteiger partial charge in [-0.1, -0.05) is 12.1 Å². The maximum Gasteiger partial charge on any atom is 0.309 e. The molecule has 0 aliphatic carbocycles. The summed E-state index contributed by atoms with van der Waals surface area (Å²) >= 11 is 2.54. The molecule has 10 heteroatoms. The van der Waals surface area contributed by atoms with Gasteiger partial charge in [-0.25, -0.2) is 8.42 Å². The molecule has 0 spiro atoms. The van der Waals surface area contributed by atoms with E-state index in [1.165, 1.54) is 29.7 Å². The quantitative estimate of drug-likeness (QED) is 0.567. The van der Waals surface area contributed by atoms with Crippen molar-refractivity contribution in [1.29, 1.82) is 0 Å². The summed E-state index contributed by atoms with van der Waals surface area (Å²) in [6.45, 7) is -0.0436. The van der Waals surface area contributed by atoms with Gasteiger partial charge in [0.2, 0.25) is 0 Å². The van der Waals surface area contributed by atoms with Crippen LogP contribution in [0.1, 0.15) is 15.9 Å². The molecule has 0 saturated carbocycles. The standard InChI is InChI=1S/C17H16N2O5S3/c20-16(18-10-12-4-2-8-25-12)17(21)19-11-14(13-5-1-7-24-13)27(22,23)15-6-3-9-26-15/h1-9,14H,10-11H2,(H,18,20)(H,19,21)/t14-/m1/s1. The smallest absolute Gasteiger partial charge is 0.309 e. The second-order valence-corrected chi connectivity index (χ2v) is 9.79. The van der Waals surface area contributed by atoms with Crippen molar-refractivity contribution in [3.63, 3.8) is 0 Å². The molecular weight excluding hydrogens is 408 g/mol. The van der Waals surface area contributed by atoms with E-state index in [0.717, 1.165) is 16.2 Å². The number of sulfone groups is 1. The lowest BCUT2D eigenvalue weighted by Crippen LogP contribution is -2.41. The Kier molecular flexibility index (Phi) is 6.09. The Morgan fingerprint density at radius 3 is 2.37 bits per heavy atom. The zero-order chi connectivity index (χ0) is 19.3. The summed E-state index contributed by atoms with van der Waals surface area (Å²) in [5, 5.41) is 7.28. The van der Waals surface area contributed by atoms with Crippen LogP contribution >= 0.6 is 22.7 Å². The van der Waals surface area contributed by atoms with Crippen LogP contribution in [0.3, 0.4) is 0 Å². The highest BCUT2D eigenvalue weighted by Gasteiger charge is 2.33. The minimum Gasteiger partial charge on any atom is -0.468 e. The van der Waals surface area contributed by atoms with Gasteiger partial charge >= 0.3 is 11.8 Å². The lowest BCUT2D eigenvalue weighted by molar-refractivity contribution is -0.139. The van der Waals surface area contributed by atoms with Gasteiger partial charge in [0.15, 0.2) is 9.84 Å². The number of hydrogen-bond acceptors (Lipinski definition) is 7. The molecule has 0 aromatic carbocycles. The molecule has 0 unspecified atom stereocenters. The van der Waals surface area contributed by atoms with E-state index in [4.69, 9.17) is 4.42 Å². The Labute approximate surface area is 163 Å². The highest BCUT2D eigenvalue weighted by atomic mass is 32.2. The molecule has 0 radical (unpaired) electrons. The van der Waals surface area contributed by atoms with Crippen LogP contribution in [0.15, 0.2) is 62.0 Å². The van der Waals surface area contributed by atoms with E-state index in [0.29, 0.717) is 0 Å². The Balaban J connectivity index is 1.66. The van der Waals surface area contributed by atoms with Gasteiger partial charge in [-0.3, -0.25) is 9.59 Å². The predicted molar refractivity (Wildman–Crippen MR) is 102 cm³/mol. The number of thiophene rings is 2. The van der Waals surface area contributed by atoms with Crippen molar-refractivity contribution in [3.05, 3.63) is 64.1 Å². The monoisotopic (exact) mass is 424 g/mol. The molecule has 0 aliphatic rings. The molecule has 3 aromatic rings. The molecule has 0 bridgehead atoms. The van der Waals surface area contributed by atoms with Gasteiger partial charge in [0.05, 0.1) is 12.8 Å². The maximum absolute atomic E-state index is 12.9. The molecule has 3 heterocycles. The number of hydrogen-bond donors (Lipinski definition) is 2. The summed E-state index contributed by atoms with van der Waals surface area (Å²) in [6.07, 6.45) is 1.36. The number of nitrogens with one attached hydrogen (secondary N) is 2. The fourth-order valence-corrected chi connectivity index (χ4v) is 5.77. The molecule has 0 saturated heterocycles. The molecule has 2 N–H and O–H groups in total. The van der Waals surface area contributed by atoms with Gasteiger partial charge in [0, 0.05) is 11.4 Å². The first-order valence-corrected chi connectivity index (χ1v) is 11.2. The number of carbonyl (C=O) groups is 2. The van der Waals surface area contributed by atoms with Crippen molar-refractivity contribution < 1.29 is 22.4 Å². The summed E-state index contributed by atoms with van der Waals surface area (Å²) in [7, 11) is -3.77. The Hall–Kier alpha value is -2.43. The van der Waals surface area contributed by atoms with Gasteiger partial charge < -0.3 is 15.1 Å². The molecule has 3 aromatic heterocycles. The van der Waals surface area contributed by atoms with E-state index in [2.05, 4.69) is 10.6 Å². The molecule has 0 aliphatic heterocycles. The Bertz CT molecular complexity index is 978. The van der Waals surface area contributed by atoms with Crippen LogP contribution in [0.25, 0.3) is 0 Å². The lowest BCUT2D eigenvalue weighted by Gasteiger charge is -2.15. The summed E-state index contributed by atoms with van der Waals surface area (Å²) in [6, 6.07) is 9.90. The molecule has 27 heavy (non-hydrogen) atoms. The van der Waals surface area contributed by atoms with Crippen LogP contribution in [0.2, 0.25) is 0 Å². The third kappa shape index (κ3) is 4.65. The van der Waals surface area contributed by atoms with E-state index in [9.17, 15) is 18.0 Å². The Morgan fingerprint density at radius 2 is 1.74 bits per heavy atom. The van der Waals surface area contributed by atoms with E-state index < -0.39 is 26.9 Å². The van der Waals surface area contributed by atoms with Crippen LogP contribution < -0.4 is 10.6 Å². The van der Waals surface area contributed by atoms with E-state index in [1.807, 2.05) is 17.5 Å². The maximum atomic E-state index is 12.9. The van der Waals surface area contributed by atoms with Crippen LogP contribution in [-0.4, -0.2) is 26.8 Å². The summed E-state index contributed by atoms with van der Waals surface area (Å²) in [4.78, 5) is 24.9. The predicted octanol–water partition coefficient (Wildman–Crippen LogP) is 2.35. The van der Waals surface area contributed by atoms with Crippen LogP contribution in [0, 0.1) is 0 Å². The number of rotatable bonds is 7. The summed E-state index contributed by atoms with van der Waals surface area (Å²) in [5.41, 5.74) is 0. The number of amides is 2. The van der Waals surface area contributed by atoms with Crippen LogP contribution in [0.5, 0.6) is 0 Å². The van der Waals surface area contributed by atoms with Gasteiger partial charge in [0.1, 0.15) is 15.2 Å². The second kappa shape index (κ2) is 8.51. The fourth-order valence-electron chi connectivity index (χ4n) is 2.33. The van der Waals surface area contributed by atoms with Gasteiger partial charge in [-0.05, 0) is 35.0 Å². The molecule has 2 amide bonds. The number of furan rings is 1. The van der Waals surface area contributed by atoms with Gasteiger partial charge in [0.25, 0.3) is 0 Å². The minimum atomic E-state index is -3.77. The lowest BCUT2D eigenvalue weighted by atomic mass is 10.3. The van der Waals surface area contributed by atoms with Crippen molar-refractivity contribution in [3.8, 4) is 0 Å². The van der Waals surface area contributed by atoms with Crippen LogP contribution in [0.4, 0.5) is 0 Å². The highest BCUT2D eigenvalue weighted by molar-refractivity contribution is 7.93. The zero-order valence-corrected chi connectivity index (χ0v) is 16.4. The summed E-state index contributed by atoms with van der Waals surface area (Å²) < 4.78 is 31.1. The van der Waals surface area contributed by atoms with Crippen molar-refractivity contribution in [2.24, 2.45) is 0 Å². The SMILES string of the molecule is O=C(NCc1cccs1)C(=O)NC[C@H](c1ccco1)S(=O)(=O)c1cccs1. The topological polar surface area (TPSA) is 105 Å². The first kappa shape index (κ1) is 19.3. The normalized spacial score (nSPS) is 12.4. The molecular formula is C17H16N2O5S3. The average Bonchev–Trinajstić information content (AvgIpc) is 3.42. The highest BCUT2D eigenvalue weighted by Crippen LogP contribution is 2.31. The zero-order valence-electron chi connectivity index (χ0n) is 14.0. The van der Waals surface area contributed by atoms with Crippen molar-refractivity contribution in [2.75, 3.05) is 6.54 Å². The average molecular weight is 425 g/mol. The van der Waals surface area contributed by atoms with Gasteiger partial charge in [-0.2, -0.15) is 0 Å². The first-order valence-electron chi connectivity index (χ1n) is 7.87. The number of carbonyl (C=O) groups excluding carboxylic acids is 2. The molecule has 1 atom stereocenters. The van der Waals surface area contributed by atoms with Crippen LogP contribution in [-0.2, 0) is 26.0 Å². The largest absolute Gasteiger partial charge is 0.468 e. The molecule has 3 rings (SSSR count). The first-order chi connectivity index (χ1) is 13.0. The van der Waals surface area contributed by atoms with Crippen molar-refractivity contribution in [2.45, 2.75) is 16.0 Å². The van der Waals surface area contributed by atoms with E-state index in [-0.39, 0.29) is 23.1 Å². The molecule has 7 nitrogen and oxygen atoms in total. The van der Waals surface area contributed by atoms with Gasteiger partial charge in [-0.15, -0.1) is 22.7 Å². The molecule has 142 valence electrons. The van der Waals surface area contributed by atoms with E-state index in [1.54, 1.807) is 17.5 Å². The minimum absolute atomic E-state index is 0.167.